The Morgan fingerprint density at radius 2 is 1.81 bits per heavy atom. The fourth-order valence-electron chi connectivity index (χ4n) is 2.63. The van der Waals surface area contributed by atoms with Gasteiger partial charge >= 0.3 is 0 Å². The number of anilines is 1. The van der Waals surface area contributed by atoms with Gasteiger partial charge in [-0.2, -0.15) is 5.10 Å². The quantitative estimate of drug-likeness (QED) is 0.229. The Kier molecular flexibility index (Phi) is 7.70. The Bertz CT molecular complexity index is 1090. The van der Waals surface area contributed by atoms with E-state index in [1.807, 2.05) is 25.1 Å². The summed E-state index contributed by atoms with van der Waals surface area (Å²) >= 11 is 12.1. The van der Waals surface area contributed by atoms with Crippen molar-refractivity contribution in [3.05, 3.63) is 92.0 Å². The van der Waals surface area contributed by atoms with Crippen LogP contribution < -0.4 is 14.9 Å². The highest BCUT2D eigenvalue weighted by Gasteiger charge is 2.09. The second kappa shape index (κ2) is 10.7. The number of hydrogen-bond acceptors (Lipinski definition) is 6. The fraction of sp³-hybridized carbons (Fsp3) is 0.136. The molecule has 0 atom stereocenters. The minimum Gasteiger partial charge on any atom is -0.490 e. The average Bonchev–Trinajstić information content (AvgIpc) is 2.75. The molecule has 0 aromatic heterocycles. The smallest absolute Gasteiger partial charge is 0.269 e. The van der Waals surface area contributed by atoms with Gasteiger partial charge in [0.25, 0.3) is 5.69 Å². The number of non-ortho nitro benzene ring substituents is 1. The van der Waals surface area contributed by atoms with Gasteiger partial charge in [-0.1, -0.05) is 29.3 Å². The standard InChI is InChI=1S/C22H19Cl2N3O4/c1-2-30-22-11-15(13-25-26-18-6-8-19(9-7-18)27(28)29)3-10-21(22)31-14-16-4-5-17(23)12-20(16)24/h3-13,26H,2,14H2,1H3. The van der Waals surface area contributed by atoms with Crippen molar-refractivity contribution >= 4 is 40.8 Å². The molecule has 0 saturated carbocycles. The van der Waals surface area contributed by atoms with Crippen LogP contribution in [0.5, 0.6) is 11.5 Å². The average molecular weight is 460 g/mol. The predicted molar refractivity (Wildman–Crippen MR) is 123 cm³/mol. The summed E-state index contributed by atoms with van der Waals surface area (Å²) in [5.74, 6) is 1.15. The third-order valence-corrected chi connectivity index (χ3v) is 4.74. The van der Waals surface area contributed by atoms with E-state index in [9.17, 15) is 10.1 Å². The molecule has 0 unspecified atom stereocenters. The molecule has 0 fully saturated rings. The van der Waals surface area contributed by atoms with Gasteiger partial charge in [0.1, 0.15) is 6.61 Å². The van der Waals surface area contributed by atoms with Gasteiger partial charge in [-0.05, 0) is 55.0 Å². The number of nitro benzene ring substituents is 1. The van der Waals surface area contributed by atoms with Gasteiger partial charge in [-0.3, -0.25) is 15.5 Å². The SMILES string of the molecule is CCOc1cc(C=NNc2ccc([N+](=O)[O-])cc2)ccc1OCc1ccc(Cl)cc1Cl. The van der Waals surface area contributed by atoms with Crippen LogP contribution in [0.25, 0.3) is 0 Å². The molecule has 3 rings (SSSR count). The van der Waals surface area contributed by atoms with Crippen LogP contribution in [0.3, 0.4) is 0 Å². The number of benzene rings is 3. The second-order valence-electron chi connectivity index (χ2n) is 6.34. The summed E-state index contributed by atoms with van der Waals surface area (Å²) in [5, 5.41) is 16.0. The maximum atomic E-state index is 10.7. The van der Waals surface area contributed by atoms with E-state index in [1.54, 1.807) is 36.5 Å². The van der Waals surface area contributed by atoms with Crippen molar-refractivity contribution in [1.29, 1.82) is 0 Å². The molecular formula is C22H19Cl2N3O4. The van der Waals surface area contributed by atoms with Crippen LogP contribution in [0, 0.1) is 10.1 Å². The lowest BCUT2D eigenvalue weighted by Crippen LogP contribution is -2.01. The molecule has 0 aliphatic carbocycles. The molecule has 31 heavy (non-hydrogen) atoms. The van der Waals surface area contributed by atoms with Crippen molar-refractivity contribution in [2.24, 2.45) is 5.10 Å². The summed E-state index contributed by atoms with van der Waals surface area (Å²) in [4.78, 5) is 10.3. The summed E-state index contributed by atoms with van der Waals surface area (Å²) in [6.45, 7) is 2.63. The molecule has 0 saturated heterocycles. The van der Waals surface area contributed by atoms with Gasteiger partial charge in [-0.15, -0.1) is 0 Å². The lowest BCUT2D eigenvalue weighted by atomic mass is 10.2. The van der Waals surface area contributed by atoms with Gasteiger partial charge in [0.05, 0.1) is 23.4 Å². The van der Waals surface area contributed by atoms with Crippen LogP contribution in [-0.4, -0.2) is 17.7 Å². The Labute approximate surface area is 189 Å². The molecule has 7 nitrogen and oxygen atoms in total. The molecule has 0 radical (unpaired) electrons. The molecule has 1 N–H and O–H groups in total. The first-order valence-corrected chi connectivity index (χ1v) is 10.1. The van der Waals surface area contributed by atoms with Gasteiger partial charge in [0.15, 0.2) is 11.5 Å². The molecule has 0 aliphatic rings. The summed E-state index contributed by atoms with van der Waals surface area (Å²) in [6, 6.07) is 16.7. The summed E-state index contributed by atoms with van der Waals surface area (Å²) in [5.41, 5.74) is 5.08. The number of nitro groups is 1. The van der Waals surface area contributed by atoms with Crippen LogP contribution in [0.2, 0.25) is 10.0 Å². The lowest BCUT2D eigenvalue weighted by molar-refractivity contribution is -0.384. The Morgan fingerprint density at radius 3 is 2.48 bits per heavy atom. The molecule has 0 aliphatic heterocycles. The number of halogens is 2. The minimum atomic E-state index is -0.452. The zero-order chi connectivity index (χ0) is 22.2. The molecule has 3 aromatic rings. The van der Waals surface area contributed by atoms with Crippen molar-refractivity contribution in [3.8, 4) is 11.5 Å². The molecule has 0 bridgehead atoms. The van der Waals surface area contributed by atoms with Crippen LogP contribution in [0.1, 0.15) is 18.1 Å². The molecule has 160 valence electrons. The highest BCUT2D eigenvalue weighted by molar-refractivity contribution is 6.35. The van der Waals surface area contributed by atoms with Crippen LogP contribution in [-0.2, 0) is 6.61 Å². The van der Waals surface area contributed by atoms with E-state index in [-0.39, 0.29) is 12.3 Å². The number of nitrogens with zero attached hydrogens (tertiary/aromatic N) is 2. The number of rotatable bonds is 9. The van der Waals surface area contributed by atoms with Crippen molar-refractivity contribution in [2.75, 3.05) is 12.0 Å². The third-order valence-electron chi connectivity index (χ3n) is 4.15. The van der Waals surface area contributed by atoms with E-state index < -0.39 is 4.92 Å². The molecule has 3 aromatic carbocycles. The van der Waals surface area contributed by atoms with E-state index in [0.717, 1.165) is 11.1 Å². The third kappa shape index (κ3) is 6.34. The molecule has 9 heteroatoms. The molecular weight excluding hydrogens is 441 g/mol. The minimum absolute atomic E-state index is 0.0198. The number of hydrazone groups is 1. The van der Waals surface area contributed by atoms with E-state index in [2.05, 4.69) is 10.5 Å². The fourth-order valence-corrected chi connectivity index (χ4v) is 3.09. The van der Waals surface area contributed by atoms with Crippen molar-refractivity contribution in [2.45, 2.75) is 13.5 Å². The molecule has 0 amide bonds. The summed E-state index contributed by atoms with van der Waals surface area (Å²) in [7, 11) is 0. The zero-order valence-corrected chi connectivity index (χ0v) is 18.1. The van der Waals surface area contributed by atoms with E-state index in [0.29, 0.717) is 33.8 Å². The Balaban J connectivity index is 1.67. The largest absolute Gasteiger partial charge is 0.490 e. The first-order chi connectivity index (χ1) is 15.0. The van der Waals surface area contributed by atoms with E-state index in [1.165, 1.54) is 12.1 Å². The van der Waals surface area contributed by atoms with E-state index in [4.69, 9.17) is 32.7 Å². The van der Waals surface area contributed by atoms with Gasteiger partial charge < -0.3 is 9.47 Å². The van der Waals surface area contributed by atoms with Gasteiger partial charge in [0.2, 0.25) is 0 Å². The topological polar surface area (TPSA) is 86.0 Å². The van der Waals surface area contributed by atoms with Crippen LogP contribution >= 0.6 is 23.2 Å². The summed E-state index contributed by atoms with van der Waals surface area (Å²) < 4.78 is 11.6. The zero-order valence-electron chi connectivity index (χ0n) is 16.5. The summed E-state index contributed by atoms with van der Waals surface area (Å²) in [6.07, 6.45) is 1.61. The lowest BCUT2D eigenvalue weighted by Gasteiger charge is -2.13. The van der Waals surface area contributed by atoms with Gasteiger partial charge in [0, 0.05) is 27.7 Å². The normalized spacial score (nSPS) is 10.8. The van der Waals surface area contributed by atoms with Crippen LogP contribution in [0.4, 0.5) is 11.4 Å². The van der Waals surface area contributed by atoms with Crippen molar-refractivity contribution < 1.29 is 14.4 Å². The molecule has 0 heterocycles. The number of ether oxygens (including phenoxy) is 2. The van der Waals surface area contributed by atoms with Crippen molar-refractivity contribution in [3.63, 3.8) is 0 Å². The van der Waals surface area contributed by atoms with Crippen molar-refractivity contribution in [1.82, 2.24) is 0 Å². The number of hydrogen-bond donors (Lipinski definition) is 1. The maximum Gasteiger partial charge on any atom is 0.269 e. The van der Waals surface area contributed by atoms with E-state index >= 15 is 0 Å². The maximum absolute atomic E-state index is 10.7. The number of nitrogens with one attached hydrogen (secondary N) is 1. The second-order valence-corrected chi connectivity index (χ2v) is 7.18. The first kappa shape index (κ1) is 22.4. The predicted octanol–water partition coefficient (Wildman–Crippen LogP) is 6.33. The first-order valence-electron chi connectivity index (χ1n) is 9.33. The van der Waals surface area contributed by atoms with Crippen LogP contribution in [0.15, 0.2) is 65.8 Å². The highest BCUT2D eigenvalue weighted by Crippen LogP contribution is 2.30. The molecule has 0 spiro atoms. The van der Waals surface area contributed by atoms with Gasteiger partial charge in [-0.25, -0.2) is 0 Å². The highest BCUT2D eigenvalue weighted by atomic mass is 35.5. The Hall–Kier alpha value is -3.29. The monoisotopic (exact) mass is 459 g/mol. The Morgan fingerprint density at radius 1 is 1.03 bits per heavy atom.